The Bertz CT molecular complexity index is 411. The van der Waals surface area contributed by atoms with Gasteiger partial charge in [-0.25, -0.2) is 4.39 Å². The van der Waals surface area contributed by atoms with Gasteiger partial charge in [-0.3, -0.25) is 4.79 Å². The van der Waals surface area contributed by atoms with E-state index in [1.54, 1.807) is 0 Å². The van der Waals surface area contributed by atoms with Crippen molar-refractivity contribution in [2.75, 3.05) is 13.7 Å². The number of ether oxygens (including phenoxy) is 2. The molecule has 0 amide bonds. The summed E-state index contributed by atoms with van der Waals surface area (Å²) < 4.78 is 23.6. The molecule has 0 aliphatic carbocycles. The highest BCUT2D eigenvalue weighted by Gasteiger charge is 2.22. The standard InChI is InChI=1S/C13H15FO3/c1-16-13-5-4-9(14)7-11(13)12(15)8-10-3-2-6-17-10/h4-5,7,10H,2-3,6,8H2,1H3. The van der Waals surface area contributed by atoms with Gasteiger partial charge in [0.05, 0.1) is 18.8 Å². The molecule has 1 saturated heterocycles. The number of Topliss-reactive ketones (excluding diaryl/α,β-unsaturated/α-hetero) is 1. The number of carbonyl (C=O) groups is 1. The van der Waals surface area contributed by atoms with Crippen LogP contribution in [-0.2, 0) is 4.74 Å². The van der Waals surface area contributed by atoms with Gasteiger partial charge in [-0.15, -0.1) is 0 Å². The van der Waals surface area contributed by atoms with Crippen molar-refractivity contribution in [3.63, 3.8) is 0 Å². The van der Waals surface area contributed by atoms with Gasteiger partial charge in [-0.2, -0.15) is 0 Å². The molecule has 17 heavy (non-hydrogen) atoms. The highest BCUT2D eigenvalue weighted by Crippen LogP contribution is 2.24. The van der Waals surface area contributed by atoms with E-state index in [0.717, 1.165) is 12.8 Å². The SMILES string of the molecule is COc1ccc(F)cc1C(=O)CC1CCCO1. The van der Waals surface area contributed by atoms with Crippen LogP contribution in [-0.4, -0.2) is 25.6 Å². The third kappa shape index (κ3) is 2.82. The summed E-state index contributed by atoms with van der Waals surface area (Å²) in [4.78, 5) is 12.0. The molecule has 0 bridgehead atoms. The number of carbonyl (C=O) groups excluding carboxylic acids is 1. The fourth-order valence-corrected chi connectivity index (χ4v) is 2.02. The van der Waals surface area contributed by atoms with E-state index in [1.165, 1.54) is 25.3 Å². The highest BCUT2D eigenvalue weighted by atomic mass is 19.1. The van der Waals surface area contributed by atoms with Crippen LogP contribution in [0.1, 0.15) is 29.6 Å². The van der Waals surface area contributed by atoms with Crippen LogP contribution in [0.5, 0.6) is 5.75 Å². The van der Waals surface area contributed by atoms with Gasteiger partial charge in [0.25, 0.3) is 0 Å². The van der Waals surface area contributed by atoms with Gasteiger partial charge < -0.3 is 9.47 Å². The second-order valence-electron chi connectivity index (χ2n) is 4.11. The lowest BCUT2D eigenvalue weighted by atomic mass is 10.0. The average Bonchev–Trinajstić information content (AvgIpc) is 2.81. The number of ketones is 1. The zero-order valence-corrected chi connectivity index (χ0v) is 9.74. The van der Waals surface area contributed by atoms with Crippen LogP contribution in [0.25, 0.3) is 0 Å². The Kier molecular flexibility index (Phi) is 3.74. The maximum atomic E-state index is 13.1. The zero-order chi connectivity index (χ0) is 12.3. The van der Waals surface area contributed by atoms with E-state index in [-0.39, 0.29) is 11.9 Å². The Morgan fingerprint density at radius 3 is 3.06 bits per heavy atom. The Morgan fingerprint density at radius 1 is 1.59 bits per heavy atom. The van der Waals surface area contributed by atoms with Gasteiger partial charge in [0.1, 0.15) is 11.6 Å². The Balaban J connectivity index is 2.14. The third-order valence-electron chi connectivity index (χ3n) is 2.90. The van der Waals surface area contributed by atoms with Crippen LogP contribution in [0, 0.1) is 5.82 Å². The normalized spacial score (nSPS) is 19.3. The quantitative estimate of drug-likeness (QED) is 0.756. The van der Waals surface area contributed by atoms with Crippen molar-refractivity contribution in [1.82, 2.24) is 0 Å². The maximum absolute atomic E-state index is 13.1. The summed E-state index contributed by atoms with van der Waals surface area (Å²) in [6, 6.07) is 3.97. The molecule has 1 fully saturated rings. The predicted molar refractivity (Wildman–Crippen MR) is 60.9 cm³/mol. The van der Waals surface area contributed by atoms with Crippen molar-refractivity contribution in [2.45, 2.75) is 25.4 Å². The molecule has 1 unspecified atom stereocenters. The van der Waals surface area contributed by atoms with Crippen LogP contribution in [0.3, 0.4) is 0 Å². The van der Waals surface area contributed by atoms with Crippen molar-refractivity contribution in [3.8, 4) is 5.75 Å². The summed E-state index contributed by atoms with van der Waals surface area (Å²) in [6.07, 6.45) is 2.14. The van der Waals surface area contributed by atoms with Gasteiger partial charge in [-0.1, -0.05) is 0 Å². The number of halogens is 1. The molecule has 1 aliphatic heterocycles. The van der Waals surface area contributed by atoms with Gasteiger partial charge in [0.15, 0.2) is 5.78 Å². The summed E-state index contributed by atoms with van der Waals surface area (Å²) in [5.74, 6) is -0.149. The van der Waals surface area contributed by atoms with Crippen molar-refractivity contribution in [2.24, 2.45) is 0 Å². The molecule has 92 valence electrons. The Labute approximate surface area is 99.5 Å². The molecule has 1 heterocycles. The molecule has 0 radical (unpaired) electrons. The van der Waals surface area contributed by atoms with E-state index in [0.29, 0.717) is 24.3 Å². The first-order valence-electron chi connectivity index (χ1n) is 5.69. The third-order valence-corrected chi connectivity index (χ3v) is 2.90. The Morgan fingerprint density at radius 2 is 2.41 bits per heavy atom. The van der Waals surface area contributed by atoms with Gasteiger partial charge >= 0.3 is 0 Å². The number of rotatable bonds is 4. The van der Waals surface area contributed by atoms with E-state index >= 15 is 0 Å². The van der Waals surface area contributed by atoms with Gasteiger partial charge in [0, 0.05) is 13.0 Å². The molecule has 0 aromatic heterocycles. The van der Waals surface area contributed by atoms with Crippen molar-refractivity contribution >= 4 is 5.78 Å². The minimum atomic E-state index is -0.429. The molecule has 4 heteroatoms. The monoisotopic (exact) mass is 238 g/mol. The summed E-state index contributed by atoms with van der Waals surface area (Å²) in [5, 5.41) is 0. The first kappa shape index (κ1) is 12.0. The van der Waals surface area contributed by atoms with E-state index < -0.39 is 5.82 Å². The molecular formula is C13H15FO3. The van der Waals surface area contributed by atoms with Gasteiger partial charge in [-0.05, 0) is 31.0 Å². The summed E-state index contributed by atoms with van der Waals surface area (Å²) in [6.45, 7) is 0.707. The van der Waals surface area contributed by atoms with E-state index in [1.807, 2.05) is 0 Å². The zero-order valence-electron chi connectivity index (χ0n) is 9.74. The lowest BCUT2D eigenvalue weighted by Crippen LogP contribution is -2.13. The van der Waals surface area contributed by atoms with Crippen LogP contribution in [0.4, 0.5) is 4.39 Å². The topological polar surface area (TPSA) is 35.5 Å². The predicted octanol–water partition coefficient (Wildman–Crippen LogP) is 2.59. The molecule has 1 atom stereocenters. The minimum absolute atomic E-state index is 0.0320. The molecule has 0 saturated carbocycles. The van der Waals surface area contributed by atoms with E-state index in [2.05, 4.69) is 0 Å². The van der Waals surface area contributed by atoms with Crippen LogP contribution in [0.15, 0.2) is 18.2 Å². The second kappa shape index (κ2) is 5.27. The molecule has 1 aromatic carbocycles. The second-order valence-corrected chi connectivity index (χ2v) is 4.11. The highest BCUT2D eigenvalue weighted by molar-refractivity contribution is 5.99. The first-order valence-corrected chi connectivity index (χ1v) is 5.69. The number of methoxy groups -OCH3 is 1. The Hall–Kier alpha value is -1.42. The fraction of sp³-hybridized carbons (Fsp3) is 0.462. The maximum Gasteiger partial charge on any atom is 0.169 e. The van der Waals surface area contributed by atoms with Crippen molar-refractivity contribution in [1.29, 1.82) is 0 Å². The molecule has 1 aliphatic rings. The summed E-state index contributed by atoms with van der Waals surface area (Å²) in [7, 11) is 1.47. The van der Waals surface area contributed by atoms with Crippen molar-refractivity contribution in [3.05, 3.63) is 29.6 Å². The number of hydrogen-bond acceptors (Lipinski definition) is 3. The molecule has 0 spiro atoms. The van der Waals surface area contributed by atoms with Crippen LogP contribution < -0.4 is 4.74 Å². The van der Waals surface area contributed by atoms with E-state index in [9.17, 15) is 9.18 Å². The molecule has 3 nitrogen and oxygen atoms in total. The smallest absolute Gasteiger partial charge is 0.169 e. The number of benzene rings is 1. The van der Waals surface area contributed by atoms with Crippen LogP contribution >= 0.6 is 0 Å². The van der Waals surface area contributed by atoms with Crippen molar-refractivity contribution < 1.29 is 18.7 Å². The largest absolute Gasteiger partial charge is 0.496 e. The molecule has 0 N–H and O–H groups in total. The molecular weight excluding hydrogens is 223 g/mol. The lowest BCUT2D eigenvalue weighted by molar-refractivity contribution is 0.0773. The summed E-state index contributed by atoms with van der Waals surface area (Å²) in [5.41, 5.74) is 0.294. The summed E-state index contributed by atoms with van der Waals surface area (Å²) >= 11 is 0. The number of hydrogen-bond donors (Lipinski definition) is 0. The first-order chi connectivity index (χ1) is 8.20. The molecule has 1 aromatic rings. The van der Waals surface area contributed by atoms with E-state index in [4.69, 9.17) is 9.47 Å². The minimum Gasteiger partial charge on any atom is -0.496 e. The lowest BCUT2D eigenvalue weighted by Gasteiger charge is -2.11. The fourth-order valence-electron chi connectivity index (χ4n) is 2.02. The van der Waals surface area contributed by atoms with Gasteiger partial charge in [0.2, 0.25) is 0 Å². The molecule has 2 rings (SSSR count). The van der Waals surface area contributed by atoms with Crippen LogP contribution in [0.2, 0.25) is 0 Å². The average molecular weight is 238 g/mol.